The van der Waals surface area contributed by atoms with E-state index < -0.39 is 5.54 Å². The first-order valence-corrected chi connectivity index (χ1v) is 9.93. The number of amides is 1. The maximum atomic E-state index is 12.5. The number of anilines is 1. The normalized spacial score (nSPS) is 20.8. The van der Waals surface area contributed by atoms with Crippen molar-refractivity contribution in [3.8, 4) is 6.07 Å². The molecule has 1 saturated carbocycles. The van der Waals surface area contributed by atoms with Crippen LogP contribution < -0.4 is 10.2 Å². The first-order chi connectivity index (χ1) is 12.6. The van der Waals surface area contributed by atoms with Gasteiger partial charge in [0.15, 0.2) is 0 Å². The zero-order valence-electron chi connectivity index (χ0n) is 15.2. The minimum absolute atomic E-state index is 0.0235. The number of nitrogens with one attached hydrogen (secondary N) is 1. The van der Waals surface area contributed by atoms with E-state index in [-0.39, 0.29) is 5.91 Å². The van der Waals surface area contributed by atoms with Gasteiger partial charge in [0.05, 0.1) is 12.6 Å². The molecule has 5 nitrogen and oxygen atoms in total. The van der Waals surface area contributed by atoms with Crippen LogP contribution >= 0.6 is 11.6 Å². The van der Waals surface area contributed by atoms with Crippen molar-refractivity contribution in [1.29, 1.82) is 5.26 Å². The van der Waals surface area contributed by atoms with Gasteiger partial charge in [-0.3, -0.25) is 9.69 Å². The third-order valence-electron chi connectivity index (χ3n) is 5.46. The number of carbonyl (C=O) groups excluding carboxylic acids is 1. The summed E-state index contributed by atoms with van der Waals surface area (Å²) in [6.45, 7) is 3.78. The molecule has 140 valence electrons. The van der Waals surface area contributed by atoms with E-state index in [1.165, 1.54) is 0 Å². The molecule has 1 amide bonds. The lowest BCUT2D eigenvalue weighted by molar-refractivity contribution is -0.123. The summed E-state index contributed by atoms with van der Waals surface area (Å²) in [5.74, 6) is -0.0235. The van der Waals surface area contributed by atoms with Gasteiger partial charge in [-0.25, -0.2) is 0 Å². The Hall–Kier alpha value is -1.77. The lowest BCUT2D eigenvalue weighted by atomic mass is 9.92. The van der Waals surface area contributed by atoms with Gasteiger partial charge in [0.25, 0.3) is 0 Å². The third kappa shape index (κ3) is 4.90. The predicted octanol–water partition coefficient (Wildman–Crippen LogP) is 3.19. The minimum Gasteiger partial charge on any atom is -0.369 e. The van der Waals surface area contributed by atoms with Crippen LogP contribution in [-0.4, -0.2) is 49.1 Å². The zero-order valence-corrected chi connectivity index (χ0v) is 16.0. The number of nitriles is 1. The molecular formula is C20H27ClN4O. The standard InChI is InChI=1S/C20H27ClN4O/c21-17-6-5-7-18(14-17)25-12-10-24(11-13-25)15-19(26)23-20(16-22)8-3-1-2-4-9-20/h5-7,14H,1-4,8-13,15H2,(H,23,26). The molecule has 0 radical (unpaired) electrons. The van der Waals surface area contributed by atoms with Gasteiger partial charge < -0.3 is 10.2 Å². The summed E-state index contributed by atoms with van der Waals surface area (Å²) in [7, 11) is 0. The fourth-order valence-corrected chi connectivity index (χ4v) is 4.13. The minimum atomic E-state index is -0.657. The van der Waals surface area contributed by atoms with Crippen LogP contribution in [0, 0.1) is 11.3 Å². The number of piperazine rings is 1. The van der Waals surface area contributed by atoms with E-state index >= 15 is 0 Å². The maximum Gasteiger partial charge on any atom is 0.235 e. The second kappa shape index (κ2) is 8.75. The van der Waals surface area contributed by atoms with Crippen LogP contribution in [-0.2, 0) is 4.79 Å². The highest BCUT2D eigenvalue weighted by Crippen LogP contribution is 2.26. The Bertz CT molecular complexity index is 656. The van der Waals surface area contributed by atoms with Crippen molar-refractivity contribution in [3.63, 3.8) is 0 Å². The Balaban J connectivity index is 1.49. The zero-order chi connectivity index (χ0) is 18.4. The summed E-state index contributed by atoms with van der Waals surface area (Å²) >= 11 is 6.08. The molecule has 0 aromatic heterocycles. The van der Waals surface area contributed by atoms with Crippen LogP contribution in [0.1, 0.15) is 38.5 Å². The van der Waals surface area contributed by atoms with Gasteiger partial charge in [0.1, 0.15) is 5.54 Å². The van der Waals surface area contributed by atoms with Gasteiger partial charge in [-0.15, -0.1) is 0 Å². The van der Waals surface area contributed by atoms with Crippen LogP contribution in [0.25, 0.3) is 0 Å². The lowest BCUT2D eigenvalue weighted by Gasteiger charge is -2.36. The van der Waals surface area contributed by atoms with E-state index in [1.807, 2.05) is 18.2 Å². The highest BCUT2D eigenvalue weighted by atomic mass is 35.5. The summed E-state index contributed by atoms with van der Waals surface area (Å²) in [6, 6.07) is 10.3. The van der Waals surface area contributed by atoms with Crippen molar-refractivity contribution < 1.29 is 4.79 Å². The first kappa shape index (κ1) is 19.0. The molecule has 2 fully saturated rings. The monoisotopic (exact) mass is 374 g/mol. The number of carbonyl (C=O) groups is 1. The summed E-state index contributed by atoms with van der Waals surface area (Å²) in [5, 5.41) is 13.4. The Morgan fingerprint density at radius 1 is 1.15 bits per heavy atom. The topological polar surface area (TPSA) is 59.4 Å². The quantitative estimate of drug-likeness (QED) is 0.822. The molecule has 0 bridgehead atoms. The van der Waals surface area contributed by atoms with Gasteiger partial charge >= 0.3 is 0 Å². The van der Waals surface area contributed by atoms with Crippen molar-refractivity contribution in [1.82, 2.24) is 10.2 Å². The number of hydrogen-bond acceptors (Lipinski definition) is 4. The molecule has 0 spiro atoms. The second-order valence-corrected chi connectivity index (χ2v) is 7.84. The average Bonchev–Trinajstić information content (AvgIpc) is 2.88. The smallest absolute Gasteiger partial charge is 0.235 e. The predicted molar refractivity (Wildman–Crippen MR) is 104 cm³/mol. The molecule has 26 heavy (non-hydrogen) atoms. The van der Waals surface area contributed by atoms with Crippen molar-refractivity contribution in [2.24, 2.45) is 0 Å². The summed E-state index contributed by atoms with van der Waals surface area (Å²) in [6.07, 6.45) is 5.91. The van der Waals surface area contributed by atoms with Crippen LogP contribution in [0.15, 0.2) is 24.3 Å². The lowest BCUT2D eigenvalue weighted by Crippen LogP contribution is -2.53. The van der Waals surface area contributed by atoms with Crippen molar-refractivity contribution >= 4 is 23.2 Å². The van der Waals surface area contributed by atoms with E-state index in [4.69, 9.17) is 11.6 Å². The van der Waals surface area contributed by atoms with E-state index in [0.717, 1.165) is 75.4 Å². The fraction of sp³-hybridized carbons (Fsp3) is 0.600. The van der Waals surface area contributed by atoms with E-state index in [1.54, 1.807) is 0 Å². The van der Waals surface area contributed by atoms with Gasteiger partial charge in [0.2, 0.25) is 5.91 Å². The fourth-order valence-electron chi connectivity index (χ4n) is 3.94. The van der Waals surface area contributed by atoms with Crippen LogP contribution in [0.5, 0.6) is 0 Å². The molecular weight excluding hydrogens is 348 g/mol. The van der Waals surface area contributed by atoms with Crippen molar-refractivity contribution in [2.75, 3.05) is 37.6 Å². The van der Waals surface area contributed by atoms with Crippen LogP contribution in [0.4, 0.5) is 5.69 Å². The average molecular weight is 375 g/mol. The summed E-state index contributed by atoms with van der Waals surface area (Å²) in [5.41, 5.74) is 0.472. The van der Waals surface area contributed by atoms with Crippen molar-refractivity contribution in [3.05, 3.63) is 29.3 Å². The molecule has 1 aliphatic heterocycles. The third-order valence-corrected chi connectivity index (χ3v) is 5.70. The largest absolute Gasteiger partial charge is 0.369 e. The van der Waals surface area contributed by atoms with Crippen LogP contribution in [0.3, 0.4) is 0 Å². The SMILES string of the molecule is N#CC1(NC(=O)CN2CCN(c3cccc(Cl)c3)CC2)CCCCCC1. The Morgan fingerprint density at radius 2 is 1.85 bits per heavy atom. The Labute approximate surface area is 160 Å². The van der Waals surface area contributed by atoms with Crippen LogP contribution in [0.2, 0.25) is 5.02 Å². The van der Waals surface area contributed by atoms with Crippen molar-refractivity contribution in [2.45, 2.75) is 44.1 Å². The van der Waals surface area contributed by atoms with E-state index in [2.05, 4.69) is 27.3 Å². The van der Waals surface area contributed by atoms with Gasteiger partial charge in [-0.2, -0.15) is 5.26 Å². The van der Waals surface area contributed by atoms with Gasteiger partial charge in [-0.05, 0) is 31.0 Å². The highest BCUT2D eigenvalue weighted by molar-refractivity contribution is 6.30. The number of benzene rings is 1. The number of rotatable bonds is 4. The molecule has 2 aliphatic rings. The summed E-state index contributed by atoms with van der Waals surface area (Å²) in [4.78, 5) is 17.0. The molecule has 1 N–H and O–H groups in total. The molecule has 1 aliphatic carbocycles. The molecule has 0 atom stereocenters. The van der Waals surface area contributed by atoms with E-state index in [9.17, 15) is 10.1 Å². The highest BCUT2D eigenvalue weighted by Gasteiger charge is 2.33. The molecule has 1 saturated heterocycles. The molecule has 3 rings (SSSR count). The van der Waals surface area contributed by atoms with Gasteiger partial charge in [0, 0.05) is 36.9 Å². The van der Waals surface area contributed by atoms with E-state index in [0.29, 0.717) is 6.54 Å². The molecule has 1 aromatic carbocycles. The number of hydrogen-bond donors (Lipinski definition) is 1. The molecule has 1 heterocycles. The second-order valence-electron chi connectivity index (χ2n) is 7.40. The Morgan fingerprint density at radius 3 is 2.46 bits per heavy atom. The first-order valence-electron chi connectivity index (χ1n) is 9.55. The molecule has 6 heteroatoms. The summed E-state index contributed by atoms with van der Waals surface area (Å²) < 4.78 is 0. The number of halogens is 1. The number of nitrogens with zero attached hydrogens (tertiary/aromatic N) is 3. The molecule has 1 aromatic rings. The maximum absolute atomic E-state index is 12.5. The van der Waals surface area contributed by atoms with Gasteiger partial charge in [-0.1, -0.05) is 43.4 Å². The Kier molecular flexibility index (Phi) is 6.39. The molecule has 0 unspecified atom stereocenters.